The number of hydrogen-bond donors (Lipinski definition) is 1. The van der Waals surface area contributed by atoms with E-state index in [1.807, 2.05) is 17.8 Å². The molecule has 0 aliphatic heterocycles. The van der Waals surface area contributed by atoms with E-state index >= 15 is 0 Å². The van der Waals surface area contributed by atoms with E-state index in [4.69, 9.17) is 16.6 Å². The molecule has 0 bridgehead atoms. The van der Waals surface area contributed by atoms with E-state index in [1.54, 1.807) is 12.5 Å². The largest absolute Gasteiger partial charge is 0.437 e. The summed E-state index contributed by atoms with van der Waals surface area (Å²) in [6, 6.07) is 0. The van der Waals surface area contributed by atoms with Gasteiger partial charge in [-0.15, -0.1) is 0 Å². The fraction of sp³-hybridized carbons (Fsp3) is 0.250. The maximum Gasteiger partial charge on any atom is 0.266 e. The molecule has 0 saturated heterocycles. The maximum absolute atomic E-state index is 4.98. The topological polar surface area (TPSA) is 46.8 Å². The lowest BCUT2D eigenvalue weighted by molar-refractivity contribution is 0.541. The first-order valence-electron chi connectivity index (χ1n) is 4.00. The molecule has 0 spiro atoms. The Labute approximate surface area is 80.2 Å². The molecule has 2 rings (SSSR count). The van der Waals surface area contributed by atoms with E-state index in [1.165, 1.54) is 0 Å². The molecule has 0 atom stereocenters. The second-order valence-electron chi connectivity index (χ2n) is 2.65. The van der Waals surface area contributed by atoms with Crippen molar-refractivity contribution in [2.75, 3.05) is 0 Å². The minimum Gasteiger partial charge on any atom is -0.437 e. The summed E-state index contributed by atoms with van der Waals surface area (Å²) < 4.78 is 6.83. The quantitative estimate of drug-likeness (QED) is 0.747. The van der Waals surface area contributed by atoms with Crippen molar-refractivity contribution in [1.82, 2.24) is 14.8 Å². The van der Waals surface area contributed by atoms with Gasteiger partial charge < -0.3 is 9.40 Å². The van der Waals surface area contributed by atoms with Crippen molar-refractivity contribution in [3.8, 4) is 11.3 Å². The second kappa shape index (κ2) is 3.18. The Morgan fingerprint density at radius 1 is 1.69 bits per heavy atom. The van der Waals surface area contributed by atoms with Gasteiger partial charge in [0.25, 0.3) is 4.84 Å². The van der Waals surface area contributed by atoms with Crippen molar-refractivity contribution >= 4 is 12.2 Å². The Morgan fingerprint density at radius 3 is 3.08 bits per heavy atom. The number of nitrogens with one attached hydrogen (secondary N) is 1. The summed E-state index contributed by atoms with van der Waals surface area (Å²) in [7, 11) is 0. The molecular weight excluding hydrogens is 186 g/mol. The fourth-order valence-corrected chi connectivity index (χ4v) is 1.26. The van der Waals surface area contributed by atoms with E-state index in [9.17, 15) is 0 Å². The van der Waals surface area contributed by atoms with E-state index in [0.29, 0.717) is 4.84 Å². The van der Waals surface area contributed by atoms with Crippen LogP contribution in [0, 0.1) is 4.84 Å². The van der Waals surface area contributed by atoms with Crippen LogP contribution in [-0.4, -0.2) is 14.8 Å². The predicted octanol–water partition coefficient (Wildman–Crippen LogP) is 2.22. The number of rotatable bonds is 2. The zero-order chi connectivity index (χ0) is 9.26. The third-order valence-corrected chi connectivity index (χ3v) is 1.99. The maximum atomic E-state index is 4.98. The Hall–Kier alpha value is -1.36. The molecule has 0 fully saturated rings. The molecule has 4 nitrogen and oxygen atoms in total. The van der Waals surface area contributed by atoms with Gasteiger partial charge in [0.1, 0.15) is 6.26 Å². The first-order valence-corrected chi connectivity index (χ1v) is 4.41. The number of hydrogen-bond acceptors (Lipinski definition) is 3. The summed E-state index contributed by atoms with van der Waals surface area (Å²) >= 11 is 4.82. The highest BCUT2D eigenvalue weighted by atomic mass is 32.1. The summed E-state index contributed by atoms with van der Waals surface area (Å²) in [5.74, 6) is 0. The molecular formula is C8H9N3OS. The smallest absolute Gasteiger partial charge is 0.266 e. The molecule has 0 aliphatic rings. The van der Waals surface area contributed by atoms with Gasteiger partial charge in [0, 0.05) is 18.3 Å². The average Bonchev–Trinajstić information content (AvgIpc) is 2.71. The van der Waals surface area contributed by atoms with Crippen molar-refractivity contribution in [2.24, 2.45) is 0 Å². The summed E-state index contributed by atoms with van der Waals surface area (Å²) in [5, 5.41) is 4.14. The van der Waals surface area contributed by atoms with E-state index in [0.717, 1.165) is 17.8 Å². The van der Waals surface area contributed by atoms with Crippen molar-refractivity contribution in [3.05, 3.63) is 23.5 Å². The highest BCUT2D eigenvalue weighted by molar-refractivity contribution is 7.71. The summed E-state index contributed by atoms with van der Waals surface area (Å²) in [4.78, 5) is 3.31. The Bertz CT molecular complexity index is 454. The number of H-pyrrole nitrogens is 1. The monoisotopic (exact) mass is 195 g/mol. The van der Waals surface area contributed by atoms with Crippen molar-refractivity contribution in [1.29, 1.82) is 0 Å². The average molecular weight is 195 g/mol. The van der Waals surface area contributed by atoms with Crippen LogP contribution in [0.3, 0.4) is 0 Å². The third-order valence-electron chi connectivity index (χ3n) is 1.79. The number of nitrogens with zero attached hydrogens (tertiary/aromatic N) is 2. The summed E-state index contributed by atoms with van der Waals surface area (Å²) in [6.07, 6.45) is 5.31. The number of aryl methyl sites for hydroxylation is 1. The second-order valence-corrected chi connectivity index (χ2v) is 3.02. The van der Waals surface area contributed by atoms with Crippen LogP contribution >= 0.6 is 12.2 Å². The molecule has 0 aliphatic carbocycles. The van der Waals surface area contributed by atoms with Crippen LogP contribution in [0.1, 0.15) is 6.92 Å². The van der Waals surface area contributed by atoms with Gasteiger partial charge in [-0.2, -0.15) is 5.10 Å². The van der Waals surface area contributed by atoms with Crippen molar-refractivity contribution < 1.29 is 4.42 Å². The lowest BCUT2D eigenvalue weighted by Gasteiger charge is -1.90. The molecule has 0 saturated carbocycles. The van der Waals surface area contributed by atoms with Crippen LogP contribution in [0.25, 0.3) is 11.3 Å². The zero-order valence-corrected chi connectivity index (χ0v) is 7.97. The van der Waals surface area contributed by atoms with Gasteiger partial charge >= 0.3 is 0 Å². The van der Waals surface area contributed by atoms with Gasteiger partial charge in [-0.3, -0.25) is 4.68 Å². The van der Waals surface area contributed by atoms with Crippen molar-refractivity contribution in [3.63, 3.8) is 0 Å². The summed E-state index contributed by atoms with van der Waals surface area (Å²) in [5.41, 5.74) is 1.85. The van der Waals surface area contributed by atoms with Gasteiger partial charge in [0.15, 0.2) is 0 Å². The molecule has 13 heavy (non-hydrogen) atoms. The lowest BCUT2D eigenvalue weighted by atomic mass is 10.3. The Kier molecular flexibility index (Phi) is 2.02. The molecule has 2 heterocycles. The highest BCUT2D eigenvalue weighted by Crippen LogP contribution is 2.15. The lowest BCUT2D eigenvalue weighted by Crippen LogP contribution is -1.91. The standard InChI is InChI=1S/C8H9N3OS/c1-2-11-4-6(3-9-11)7-5-12-8(13)10-7/h3-5H,2H2,1H3,(H,10,13). The van der Waals surface area contributed by atoms with Crippen LogP contribution in [0.15, 0.2) is 23.1 Å². The highest BCUT2D eigenvalue weighted by Gasteiger charge is 2.02. The molecule has 68 valence electrons. The molecule has 5 heteroatoms. The van der Waals surface area contributed by atoms with Gasteiger partial charge in [-0.25, -0.2) is 0 Å². The van der Waals surface area contributed by atoms with E-state index in [2.05, 4.69) is 10.1 Å². The number of oxazole rings is 1. The zero-order valence-electron chi connectivity index (χ0n) is 7.15. The fourth-order valence-electron chi connectivity index (χ4n) is 1.10. The normalized spacial score (nSPS) is 10.5. The number of aromatic nitrogens is 3. The number of aromatic amines is 1. The molecule has 2 aromatic heterocycles. The van der Waals surface area contributed by atoms with E-state index in [-0.39, 0.29) is 0 Å². The van der Waals surface area contributed by atoms with Gasteiger partial charge in [0.2, 0.25) is 0 Å². The van der Waals surface area contributed by atoms with Gasteiger partial charge in [-0.1, -0.05) is 0 Å². The molecule has 1 N–H and O–H groups in total. The first kappa shape index (κ1) is 8.25. The molecule has 2 aromatic rings. The predicted molar refractivity (Wildman–Crippen MR) is 50.8 cm³/mol. The van der Waals surface area contributed by atoms with Crippen LogP contribution in [0.2, 0.25) is 0 Å². The molecule has 0 radical (unpaired) electrons. The van der Waals surface area contributed by atoms with E-state index < -0.39 is 0 Å². The van der Waals surface area contributed by atoms with Crippen LogP contribution in [0.4, 0.5) is 0 Å². The van der Waals surface area contributed by atoms with Crippen LogP contribution in [0.5, 0.6) is 0 Å². The van der Waals surface area contributed by atoms with Crippen LogP contribution in [-0.2, 0) is 6.54 Å². The summed E-state index contributed by atoms with van der Waals surface area (Å²) in [6.45, 7) is 2.90. The first-order chi connectivity index (χ1) is 6.29. The van der Waals surface area contributed by atoms with Gasteiger partial charge in [-0.05, 0) is 19.1 Å². The van der Waals surface area contributed by atoms with Gasteiger partial charge in [0.05, 0.1) is 11.9 Å². The Morgan fingerprint density at radius 2 is 2.54 bits per heavy atom. The third kappa shape index (κ3) is 1.55. The molecule has 0 unspecified atom stereocenters. The minimum absolute atomic E-state index is 0.388. The molecule has 0 amide bonds. The molecule has 0 aromatic carbocycles. The van der Waals surface area contributed by atoms with Crippen molar-refractivity contribution in [2.45, 2.75) is 13.5 Å². The minimum atomic E-state index is 0.388. The Balaban J connectivity index is 2.40. The SMILES string of the molecule is CCn1cc(-c2coc(=S)[nH]2)cn1. The van der Waals surface area contributed by atoms with Crippen LogP contribution < -0.4 is 0 Å².